The molecule has 0 aliphatic carbocycles. The molecule has 6 nitrogen and oxygen atoms in total. The largest absolute Gasteiger partial charge is 0.462 e. The Morgan fingerprint density at radius 3 is 0.667 bits per heavy atom. The molecule has 0 N–H and O–H groups in total. The number of ether oxygens (including phenoxy) is 3. The molecule has 0 aliphatic rings. The number of hydrogen-bond acceptors (Lipinski definition) is 6. The molecule has 0 aromatic carbocycles. The maximum Gasteiger partial charge on any atom is 0.306 e. The third-order valence-corrected chi connectivity index (χ3v) is 12.4. The van der Waals surface area contributed by atoms with Gasteiger partial charge >= 0.3 is 17.9 Å². The van der Waals surface area contributed by atoms with E-state index in [0.717, 1.165) is 57.8 Å². The highest BCUT2D eigenvalue weighted by Crippen LogP contribution is 2.17. The first-order valence-corrected chi connectivity index (χ1v) is 27.0. The topological polar surface area (TPSA) is 78.9 Å². The summed E-state index contributed by atoms with van der Waals surface area (Å²) in [4.78, 5) is 38.0. The molecule has 0 spiro atoms. The lowest BCUT2D eigenvalue weighted by Gasteiger charge is -2.18. The minimum Gasteiger partial charge on any atom is -0.462 e. The highest BCUT2D eigenvalue weighted by Gasteiger charge is 2.19. The van der Waals surface area contributed by atoms with Crippen LogP contribution >= 0.6 is 0 Å². The highest BCUT2D eigenvalue weighted by atomic mass is 16.6. The molecule has 0 aromatic heterocycles. The first-order chi connectivity index (χ1) is 29.5. The first-order valence-electron chi connectivity index (χ1n) is 27.0. The molecule has 0 fully saturated rings. The van der Waals surface area contributed by atoms with Crippen LogP contribution in [-0.4, -0.2) is 37.2 Å². The van der Waals surface area contributed by atoms with E-state index in [1.165, 1.54) is 212 Å². The van der Waals surface area contributed by atoms with Gasteiger partial charge in [-0.25, -0.2) is 0 Å². The Hall–Kier alpha value is -1.59. The Morgan fingerprint density at radius 2 is 0.450 bits per heavy atom. The quantitative estimate of drug-likeness (QED) is 0.0345. The zero-order valence-corrected chi connectivity index (χ0v) is 40.8. The van der Waals surface area contributed by atoms with Crippen LogP contribution in [0.25, 0.3) is 0 Å². The molecule has 0 saturated heterocycles. The average Bonchev–Trinajstić information content (AvgIpc) is 3.24. The fourth-order valence-electron chi connectivity index (χ4n) is 8.27. The van der Waals surface area contributed by atoms with Gasteiger partial charge in [-0.2, -0.15) is 0 Å². The number of esters is 3. The van der Waals surface area contributed by atoms with Crippen molar-refractivity contribution in [3.8, 4) is 0 Å². The second kappa shape index (κ2) is 50.1. The van der Waals surface area contributed by atoms with Crippen molar-refractivity contribution in [1.82, 2.24) is 0 Å². The van der Waals surface area contributed by atoms with Crippen LogP contribution in [0.2, 0.25) is 0 Å². The molecule has 0 bridgehead atoms. The SMILES string of the molecule is CCCCCCCCCCCCCCCCCCCC(=O)OCC(COC(=O)CCCCCCCCCCCCC)OC(=O)CCCCCCCCCCCCCCCC. The monoisotopic (exact) mass is 849 g/mol. The van der Waals surface area contributed by atoms with Gasteiger partial charge < -0.3 is 14.2 Å². The number of carbonyl (C=O) groups is 3. The Labute approximate surface area is 374 Å². The summed E-state index contributed by atoms with van der Waals surface area (Å²) in [5.41, 5.74) is 0. The van der Waals surface area contributed by atoms with Gasteiger partial charge in [0.05, 0.1) is 0 Å². The lowest BCUT2D eigenvalue weighted by atomic mass is 10.0. The maximum atomic E-state index is 12.8. The maximum absolute atomic E-state index is 12.8. The van der Waals surface area contributed by atoms with Gasteiger partial charge in [0.15, 0.2) is 6.10 Å². The second-order valence-electron chi connectivity index (χ2n) is 18.5. The van der Waals surface area contributed by atoms with E-state index in [9.17, 15) is 14.4 Å². The smallest absolute Gasteiger partial charge is 0.306 e. The van der Waals surface area contributed by atoms with Crippen molar-refractivity contribution in [3.63, 3.8) is 0 Å². The Balaban J connectivity index is 4.27. The van der Waals surface area contributed by atoms with E-state index in [1.54, 1.807) is 0 Å². The minimum absolute atomic E-state index is 0.0615. The Bertz CT molecular complexity index is 889. The molecule has 356 valence electrons. The summed E-state index contributed by atoms with van der Waals surface area (Å²) >= 11 is 0. The van der Waals surface area contributed by atoms with Crippen molar-refractivity contribution in [2.24, 2.45) is 0 Å². The molecule has 0 heterocycles. The Morgan fingerprint density at radius 1 is 0.267 bits per heavy atom. The fourth-order valence-corrected chi connectivity index (χ4v) is 8.27. The molecule has 60 heavy (non-hydrogen) atoms. The van der Waals surface area contributed by atoms with Crippen molar-refractivity contribution in [2.45, 2.75) is 316 Å². The predicted octanol–water partition coefficient (Wildman–Crippen LogP) is 17.6. The van der Waals surface area contributed by atoms with Crippen LogP contribution in [0.5, 0.6) is 0 Å². The lowest BCUT2D eigenvalue weighted by molar-refractivity contribution is -0.167. The first kappa shape index (κ1) is 58.4. The van der Waals surface area contributed by atoms with E-state index >= 15 is 0 Å². The van der Waals surface area contributed by atoms with E-state index in [0.29, 0.717) is 19.3 Å². The zero-order chi connectivity index (χ0) is 43.7. The van der Waals surface area contributed by atoms with Crippen LogP contribution in [0, 0.1) is 0 Å². The van der Waals surface area contributed by atoms with Crippen LogP contribution in [0.3, 0.4) is 0 Å². The van der Waals surface area contributed by atoms with Crippen molar-refractivity contribution in [2.75, 3.05) is 13.2 Å². The van der Waals surface area contributed by atoms with E-state index < -0.39 is 6.10 Å². The molecule has 1 atom stereocenters. The van der Waals surface area contributed by atoms with Crippen LogP contribution < -0.4 is 0 Å². The molecule has 1 unspecified atom stereocenters. The highest BCUT2D eigenvalue weighted by molar-refractivity contribution is 5.71. The fraction of sp³-hybridized carbons (Fsp3) is 0.944. The number of carbonyl (C=O) groups excluding carboxylic acids is 3. The van der Waals surface area contributed by atoms with E-state index in [4.69, 9.17) is 14.2 Å². The van der Waals surface area contributed by atoms with Crippen LogP contribution in [-0.2, 0) is 28.6 Å². The van der Waals surface area contributed by atoms with Gasteiger partial charge in [0.25, 0.3) is 0 Å². The van der Waals surface area contributed by atoms with Crippen molar-refractivity contribution >= 4 is 17.9 Å². The molecule has 0 saturated carbocycles. The van der Waals surface area contributed by atoms with E-state index in [2.05, 4.69) is 20.8 Å². The van der Waals surface area contributed by atoms with Gasteiger partial charge in [-0.15, -0.1) is 0 Å². The Kier molecular flexibility index (Phi) is 48.7. The van der Waals surface area contributed by atoms with E-state index in [-0.39, 0.29) is 31.1 Å². The summed E-state index contributed by atoms with van der Waals surface area (Å²) < 4.78 is 16.8. The van der Waals surface area contributed by atoms with Gasteiger partial charge in [0, 0.05) is 19.3 Å². The summed E-state index contributed by atoms with van der Waals surface area (Å²) in [6, 6.07) is 0. The van der Waals surface area contributed by atoms with Gasteiger partial charge in [0.2, 0.25) is 0 Å². The zero-order valence-electron chi connectivity index (χ0n) is 40.8. The van der Waals surface area contributed by atoms with Gasteiger partial charge in [0.1, 0.15) is 13.2 Å². The van der Waals surface area contributed by atoms with Crippen LogP contribution in [0.1, 0.15) is 310 Å². The number of unbranched alkanes of at least 4 members (excludes halogenated alkanes) is 39. The summed E-state index contributed by atoms with van der Waals surface area (Å²) in [6.45, 7) is 6.68. The normalized spacial score (nSPS) is 11.8. The van der Waals surface area contributed by atoms with Gasteiger partial charge in [-0.1, -0.05) is 271 Å². The number of hydrogen-bond donors (Lipinski definition) is 0. The predicted molar refractivity (Wildman–Crippen MR) is 257 cm³/mol. The molecule has 0 aromatic rings. The summed E-state index contributed by atoms with van der Waals surface area (Å²) in [5.74, 6) is -0.838. The molecule has 6 heteroatoms. The minimum atomic E-state index is -0.759. The van der Waals surface area contributed by atoms with Gasteiger partial charge in [-0.05, 0) is 19.3 Å². The lowest BCUT2D eigenvalue weighted by Crippen LogP contribution is -2.30. The molecule has 0 radical (unpaired) electrons. The molecule has 0 amide bonds. The molecule has 0 aliphatic heterocycles. The van der Waals surface area contributed by atoms with Gasteiger partial charge in [-0.3, -0.25) is 14.4 Å². The summed E-state index contributed by atoms with van der Waals surface area (Å²) in [7, 11) is 0. The van der Waals surface area contributed by atoms with Crippen LogP contribution in [0.4, 0.5) is 0 Å². The second-order valence-corrected chi connectivity index (χ2v) is 18.5. The summed E-state index contributed by atoms with van der Waals surface area (Å²) in [6.07, 6.45) is 53.7. The third-order valence-electron chi connectivity index (χ3n) is 12.4. The standard InChI is InChI=1S/C54H104O6/c1-4-7-10-13-16-19-22-24-26-27-28-30-32-35-38-41-44-47-53(56)59-50-51(49-58-52(55)46-43-40-37-34-31-21-18-15-12-9-6-3)60-54(57)48-45-42-39-36-33-29-25-23-20-17-14-11-8-5-2/h51H,4-50H2,1-3H3. The average molecular weight is 849 g/mol. The van der Waals surface area contributed by atoms with Crippen molar-refractivity contribution < 1.29 is 28.6 Å². The molecular formula is C54H104O6. The van der Waals surface area contributed by atoms with Crippen molar-refractivity contribution in [3.05, 3.63) is 0 Å². The van der Waals surface area contributed by atoms with Crippen molar-refractivity contribution in [1.29, 1.82) is 0 Å². The van der Waals surface area contributed by atoms with Crippen LogP contribution in [0.15, 0.2) is 0 Å². The summed E-state index contributed by atoms with van der Waals surface area (Å²) in [5, 5.41) is 0. The number of rotatable bonds is 50. The molecule has 0 rings (SSSR count). The molecular weight excluding hydrogens is 745 g/mol. The van der Waals surface area contributed by atoms with E-state index in [1.807, 2.05) is 0 Å². The third kappa shape index (κ3) is 47.5.